The van der Waals surface area contributed by atoms with Crippen molar-refractivity contribution in [3.8, 4) is 11.1 Å². The molecule has 0 spiro atoms. The number of rotatable bonds is 6. The molecule has 1 aliphatic carbocycles. The number of aryl methyl sites for hydroxylation is 1. The number of benzene rings is 2. The fourth-order valence-electron chi connectivity index (χ4n) is 4.78. The quantitative estimate of drug-likeness (QED) is 0.336. The summed E-state index contributed by atoms with van der Waals surface area (Å²) in [6.45, 7) is 18.4. The van der Waals surface area contributed by atoms with Gasteiger partial charge in [0, 0.05) is 0 Å². The zero-order valence-electron chi connectivity index (χ0n) is 21.1. The second kappa shape index (κ2) is 10.1. The fraction of sp³-hybridized carbons (Fsp3) is 0.517. The van der Waals surface area contributed by atoms with Gasteiger partial charge in [-0.25, -0.2) is 0 Å². The third-order valence-corrected chi connectivity index (χ3v) is 11.9. The number of allylic oxidation sites excluding steroid dienone is 1. The Morgan fingerprint density at radius 2 is 1.38 bits per heavy atom. The van der Waals surface area contributed by atoms with E-state index >= 15 is 0 Å². The summed E-state index contributed by atoms with van der Waals surface area (Å²) >= 11 is -2.51. The summed E-state index contributed by atoms with van der Waals surface area (Å²) in [5, 5.41) is 0. The Morgan fingerprint density at radius 3 is 1.84 bits per heavy atom. The molecule has 1 aliphatic rings. The van der Waals surface area contributed by atoms with E-state index in [1.807, 2.05) is 0 Å². The molecule has 1 unspecified atom stereocenters. The number of hydrogen-bond donors (Lipinski definition) is 0. The van der Waals surface area contributed by atoms with Gasteiger partial charge in [0.25, 0.3) is 0 Å². The van der Waals surface area contributed by atoms with Gasteiger partial charge in [0.05, 0.1) is 0 Å². The Labute approximate surface area is 211 Å². The first-order valence-corrected chi connectivity index (χ1v) is 19.8. The third kappa shape index (κ3) is 5.48. The van der Waals surface area contributed by atoms with Gasteiger partial charge in [-0.2, -0.15) is 0 Å². The zero-order valence-corrected chi connectivity index (χ0v) is 25.1. The maximum absolute atomic E-state index is 6.73. The molecule has 3 rings (SSSR count). The van der Waals surface area contributed by atoms with Crippen LogP contribution in [0.1, 0.15) is 106 Å². The van der Waals surface area contributed by atoms with E-state index in [1.165, 1.54) is 44.5 Å². The van der Waals surface area contributed by atoms with E-state index < -0.39 is 19.4 Å². The minimum absolute atomic E-state index is 0.0950. The average Bonchev–Trinajstić information content (AvgIpc) is 3.05. The fourth-order valence-corrected chi connectivity index (χ4v) is 10.3. The van der Waals surface area contributed by atoms with E-state index in [0.29, 0.717) is 0 Å². The first kappa shape index (κ1) is 26.3. The Hall–Kier alpha value is -0.357. The molecule has 0 bridgehead atoms. The molecular formula is C29H39Cl2Zr. The van der Waals surface area contributed by atoms with Crippen LogP contribution >= 0.6 is 17.0 Å². The van der Waals surface area contributed by atoms with Crippen molar-refractivity contribution in [2.24, 2.45) is 0 Å². The summed E-state index contributed by atoms with van der Waals surface area (Å²) in [6.07, 6.45) is 6.88. The van der Waals surface area contributed by atoms with E-state index in [0.717, 1.165) is 25.7 Å². The molecule has 0 nitrogen and oxygen atoms in total. The maximum atomic E-state index is 6.73. The van der Waals surface area contributed by atoms with Gasteiger partial charge in [0.2, 0.25) is 0 Å². The van der Waals surface area contributed by atoms with E-state index in [2.05, 4.69) is 91.8 Å². The zero-order chi connectivity index (χ0) is 23.8. The summed E-state index contributed by atoms with van der Waals surface area (Å²) in [5.74, 6) is 0. The topological polar surface area (TPSA) is 0 Å². The minimum atomic E-state index is -2.51. The van der Waals surface area contributed by atoms with Crippen LogP contribution in [0.25, 0.3) is 17.2 Å². The summed E-state index contributed by atoms with van der Waals surface area (Å²) in [5.41, 5.74) is 11.4. The molecule has 1 atom stereocenters. The van der Waals surface area contributed by atoms with Gasteiger partial charge in [-0.3, -0.25) is 0 Å². The van der Waals surface area contributed by atoms with Crippen molar-refractivity contribution in [2.45, 2.75) is 95.5 Å². The summed E-state index contributed by atoms with van der Waals surface area (Å²) in [7, 11) is 13.5. The number of fused-ring (bicyclic) bond motifs is 1. The average molecular weight is 550 g/mol. The van der Waals surface area contributed by atoms with Crippen LogP contribution in [0.5, 0.6) is 0 Å². The van der Waals surface area contributed by atoms with Crippen molar-refractivity contribution in [3.05, 3.63) is 63.7 Å². The first-order valence-electron chi connectivity index (χ1n) is 12.1. The Kier molecular flexibility index (Phi) is 8.28. The predicted molar refractivity (Wildman–Crippen MR) is 141 cm³/mol. The summed E-state index contributed by atoms with van der Waals surface area (Å²) in [4.78, 5) is 0. The van der Waals surface area contributed by atoms with Gasteiger partial charge in [-0.15, -0.1) is 0 Å². The molecule has 2 aromatic rings. The van der Waals surface area contributed by atoms with Crippen LogP contribution in [0.4, 0.5) is 0 Å². The van der Waals surface area contributed by atoms with E-state index in [1.54, 1.807) is 0 Å². The second-order valence-electron chi connectivity index (χ2n) is 11.3. The van der Waals surface area contributed by atoms with Crippen LogP contribution in [0.15, 0.2) is 35.9 Å². The van der Waals surface area contributed by atoms with Crippen LogP contribution in [0.2, 0.25) is 0 Å². The molecule has 0 N–H and O–H groups in total. The molecule has 2 aromatic carbocycles. The van der Waals surface area contributed by atoms with Crippen molar-refractivity contribution >= 4 is 23.1 Å². The predicted octanol–water partition coefficient (Wildman–Crippen LogP) is 10.1. The molecule has 0 aliphatic heterocycles. The molecule has 0 saturated carbocycles. The Morgan fingerprint density at radius 1 is 0.812 bits per heavy atom. The second-order valence-corrected chi connectivity index (χ2v) is 20.1. The van der Waals surface area contributed by atoms with Crippen LogP contribution in [0, 0.1) is 0 Å². The molecule has 32 heavy (non-hydrogen) atoms. The van der Waals surface area contributed by atoms with Crippen molar-refractivity contribution < 1.29 is 19.4 Å². The van der Waals surface area contributed by atoms with E-state index in [-0.39, 0.29) is 14.5 Å². The van der Waals surface area contributed by atoms with Crippen molar-refractivity contribution in [3.63, 3.8) is 0 Å². The molecule has 0 amide bonds. The van der Waals surface area contributed by atoms with Crippen molar-refractivity contribution in [2.75, 3.05) is 0 Å². The van der Waals surface area contributed by atoms with Crippen molar-refractivity contribution in [1.29, 1.82) is 0 Å². The van der Waals surface area contributed by atoms with Gasteiger partial charge >= 0.3 is 213 Å². The Balaban J connectivity index is 2.35. The number of hydrogen-bond acceptors (Lipinski definition) is 0. The van der Waals surface area contributed by atoms with Gasteiger partial charge in [0.1, 0.15) is 0 Å². The van der Waals surface area contributed by atoms with Gasteiger partial charge < -0.3 is 0 Å². The van der Waals surface area contributed by atoms with Gasteiger partial charge in [0.15, 0.2) is 0 Å². The normalized spacial score (nSPS) is 16.2. The van der Waals surface area contributed by atoms with E-state index in [4.69, 9.17) is 17.0 Å². The van der Waals surface area contributed by atoms with Crippen LogP contribution in [0.3, 0.4) is 0 Å². The molecule has 3 heteroatoms. The molecule has 0 radical (unpaired) electrons. The summed E-state index contributed by atoms with van der Waals surface area (Å²) in [6, 6.07) is 12.0. The van der Waals surface area contributed by atoms with Crippen LogP contribution < -0.4 is 0 Å². The standard InChI is InChI=1S/C29H39.2ClH.Zr/c1-9-11-20-15-22-14-13-21(12-10-2)27(26(22)16-20)23-17-24(28(3,4)5)19-25(18-23)29(6,7)8;;;/h13-19H,9-12H2,1-8H3;2*1H;/q;;;+2/p-2. The van der Waals surface area contributed by atoms with Crippen molar-refractivity contribution in [1.82, 2.24) is 0 Å². The summed E-state index contributed by atoms with van der Waals surface area (Å²) < 4.78 is 0.290. The van der Waals surface area contributed by atoms with E-state index in [9.17, 15) is 0 Å². The third-order valence-electron chi connectivity index (χ3n) is 6.61. The first-order chi connectivity index (χ1) is 14.9. The number of halogens is 2. The molecule has 173 valence electrons. The van der Waals surface area contributed by atoms with Crippen LogP contribution in [-0.2, 0) is 36.6 Å². The monoisotopic (exact) mass is 547 g/mol. The molecule has 0 fully saturated rings. The van der Waals surface area contributed by atoms with Crippen LogP contribution in [-0.4, -0.2) is 0 Å². The van der Waals surface area contributed by atoms with Gasteiger partial charge in [-0.1, -0.05) is 0 Å². The molecule has 0 aromatic heterocycles. The Bertz CT molecular complexity index is 971. The molecule has 0 saturated heterocycles. The molecular weight excluding hydrogens is 510 g/mol. The SMILES string of the molecule is CCCC1=Cc2c(ccc(CCC)c2-c2cc(C(C)(C)C)cc(C(C)(C)C)c2)[CH]1[Zr]([Cl])[Cl]. The van der Waals surface area contributed by atoms with Gasteiger partial charge in [-0.05, 0) is 0 Å². The molecule has 0 heterocycles.